The van der Waals surface area contributed by atoms with E-state index in [2.05, 4.69) is 61.3 Å². The van der Waals surface area contributed by atoms with Crippen LogP contribution >= 0.6 is 0 Å². The fourth-order valence-corrected chi connectivity index (χ4v) is 2.50. The molecule has 0 saturated carbocycles. The van der Waals surface area contributed by atoms with Gasteiger partial charge in [0.05, 0.1) is 0 Å². The predicted molar refractivity (Wildman–Crippen MR) is 81.8 cm³/mol. The first kappa shape index (κ1) is 13.6. The lowest BCUT2D eigenvalue weighted by Gasteiger charge is -2.27. The second-order valence-electron chi connectivity index (χ2n) is 4.99. The highest BCUT2D eigenvalue weighted by Gasteiger charge is 2.14. The smallest absolute Gasteiger partial charge is 0.0346 e. The fraction of sp³-hybridized carbons (Fsp3) is 0.294. The zero-order valence-electron chi connectivity index (χ0n) is 11.7. The second kappa shape index (κ2) is 6.39. The summed E-state index contributed by atoms with van der Waals surface area (Å²) in [5.41, 5.74) is 9.25. The summed E-state index contributed by atoms with van der Waals surface area (Å²) in [6, 6.07) is 19.2. The third kappa shape index (κ3) is 3.58. The third-order valence-corrected chi connectivity index (χ3v) is 3.51. The molecule has 0 fully saturated rings. The topological polar surface area (TPSA) is 29.3 Å². The van der Waals surface area contributed by atoms with Gasteiger partial charge in [-0.2, -0.15) is 0 Å². The molecule has 100 valence electrons. The zero-order chi connectivity index (χ0) is 13.7. The van der Waals surface area contributed by atoms with Gasteiger partial charge in [-0.15, -0.1) is 0 Å². The highest BCUT2D eigenvalue weighted by atomic mass is 15.1. The van der Waals surface area contributed by atoms with Gasteiger partial charge >= 0.3 is 0 Å². The molecule has 2 aromatic rings. The lowest BCUT2D eigenvalue weighted by atomic mass is 10.0. The van der Waals surface area contributed by atoms with Crippen LogP contribution in [0.5, 0.6) is 0 Å². The van der Waals surface area contributed by atoms with E-state index >= 15 is 0 Å². The average Bonchev–Trinajstić information content (AvgIpc) is 2.43. The van der Waals surface area contributed by atoms with Crippen LogP contribution in [0.4, 0.5) is 5.69 Å². The van der Waals surface area contributed by atoms with E-state index in [-0.39, 0.29) is 0 Å². The minimum Gasteiger partial charge on any atom is -0.399 e. The van der Waals surface area contributed by atoms with Gasteiger partial charge in [-0.05, 0) is 36.7 Å². The van der Waals surface area contributed by atoms with Crippen LogP contribution in [0.3, 0.4) is 0 Å². The van der Waals surface area contributed by atoms with E-state index in [0.717, 1.165) is 18.7 Å². The fourth-order valence-electron chi connectivity index (χ4n) is 2.50. The zero-order valence-corrected chi connectivity index (χ0v) is 11.7. The molecule has 2 nitrogen and oxygen atoms in total. The standard InChI is InChI=1S/C17H22N2/c1-3-17(15-9-11-16(18)12-10-15)19(2)13-14-7-5-4-6-8-14/h4-12,17H,3,13,18H2,1-2H3. The van der Waals surface area contributed by atoms with E-state index in [9.17, 15) is 0 Å². The Hall–Kier alpha value is -1.80. The van der Waals surface area contributed by atoms with Crippen molar-refractivity contribution in [1.29, 1.82) is 0 Å². The van der Waals surface area contributed by atoms with E-state index in [1.54, 1.807) is 0 Å². The first-order chi connectivity index (χ1) is 9.20. The van der Waals surface area contributed by atoms with Gasteiger partial charge in [0.15, 0.2) is 0 Å². The predicted octanol–water partition coefficient (Wildman–Crippen LogP) is 3.85. The van der Waals surface area contributed by atoms with Crippen LogP contribution in [-0.4, -0.2) is 11.9 Å². The van der Waals surface area contributed by atoms with E-state index in [1.165, 1.54) is 11.1 Å². The summed E-state index contributed by atoms with van der Waals surface area (Å²) in [4.78, 5) is 2.39. The Morgan fingerprint density at radius 3 is 2.21 bits per heavy atom. The van der Waals surface area contributed by atoms with Crippen LogP contribution < -0.4 is 5.73 Å². The SMILES string of the molecule is CCC(c1ccc(N)cc1)N(C)Cc1ccccc1. The van der Waals surface area contributed by atoms with Crippen LogP contribution in [0.15, 0.2) is 54.6 Å². The number of nitrogens with zero attached hydrogens (tertiary/aromatic N) is 1. The lowest BCUT2D eigenvalue weighted by Crippen LogP contribution is -2.23. The Morgan fingerprint density at radius 1 is 1.00 bits per heavy atom. The number of benzene rings is 2. The average molecular weight is 254 g/mol. The molecular weight excluding hydrogens is 232 g/mol. The first-order valence-corrected chi connectivity index (χ1v) is 6.80. The van der Waals surface area contributed by atoms with Crippen LogP contribution in [0.1, 0.15) is 30.5 Å². The minimum atomic E-state index is 0.431. The number of anilines is 1. The lowest BCUT2D eigenvalue weighted by molar-refractivity contribution is 0.230. The molecule has 0 amide bonds. The maximum absolute atomic E-state index is 5.75. The molecule has 19 heavy (non-hydrogen) atoms. The van der Waals surface area contributed by atoms with Crippen molar-refractivity contribution in [2.45, 2.75) is 25.9 Å². The molecule has 0 heterocycles. The summed E-state index contributed by atoms with van der Waals surface area (Å²) < 4.78 is 0. The monoisotopic (exact) mass is 254 g/mol. The van der Waals surface area contributed by atoms with Gasteiger partial charge < -0.3 is 5.73 Å². The molecule has 1 unspecified atom stereocenters. The molecule has 0 spiro atoms. The Balaban J connectivity index is 2.11. The van der Waals surface area contributed by atoms with Crippen molar-refractivity contribution >= 4 is 5.69 Å². The van der Waals surface area contributed by atoms with Crippen molar-refractivity contribution in [1.82, 2.24) is 4.90 Å². The van der Waals surface area contributed by atoms with Gasteiger partial charge in [0.1, 0.15) is 0 Å². The summed E-state index contributed by atoms with van der Waals surface area (Å²) >= 11 is 0. The van der Waals surface area contributed by atoms with E-state index < -0.39 is 0 Å². The highest BCUT2D eigenvalue weighted by molar-refractivity contribution is 5.40. The van der Waals surface area contributed by atoms with Crippen LogP contribution in [0.25, 0.3) is 0 Å². The van der Waals surface area contributed by atoms with Gasteiger partial charge in [-0.1, -0.05) is 49.4 Å². The molecule has 1 atom stereocenters. The van der Waals surface area contributed by atoms with Crippen molar-refractivity contribution < 1.29 is 0 Å². The third-order valence-electron chi connectivity index (χ3n) is 3.51. The number of nitrogens with two attached hydrogens (primary N) is 1. The molecule has 0 aromatic heterocycles. The Labute approximate surface area is 115 Å². The quantitative estimate of drug-likeness (QED) is 0.821. The number of nitrogen functional groups attached to an aromatic ring is 1. The maximum atomic E-state index is 5.75. The van der Waals surface area contributed by atoms with Gasteiger partial charge in [-0.3, -0.25) is 4.90 Å². The van der Waals surface area contributed by atoms with E-state index in [0.29, 0.717) is 6.04 Å². The first-order valence-electron chi connectivity index (χ1n) is 6.80. The highest BCUT2D eigenvalue weighted by Crippen LogP contribution is 2.25. The summed E-state index contributed by atoms with van der Waals surface area (Å²) in [5.74, 6) is 0. The summed E-state index contributed by atoms with van der Waals surface area (Å²) in [5, 5.41) is 0. The second-order valence-corrected chi connectivity index (χ2v) is 4.99. The molecular formula is C17H22N2. The van der Waals surface area contributed by atoms with E-state index in [4.69, 9.17) is 5.73 Å². The van der Waals surface area contributed by atoms with Crippen molar-refractivity contribution in [2.75, 3.05) is 12.8 Å². The molecule has 2 aromatic carbocycles. The molecule has 0 aliphatic heterocycles. The Bertz CT molecular complexity index is 490. The molecule has 0 radical (unpaired) electrons. The molecule has 2 heteroatoms. The molecule has 0 saturated heterocycles. The van der Waals surface area contributed by atoms with Crippen molar-refractivity contribution in [3.8, 4) is 0 Å². The molecule has 0 aliphatic carbocycles. The van der Waals surface area contributed by atoms with Crippen LogP contribution in [0, 0.1) is 0 Å². The Kier molecular flexibility index (Phi) is 4.58. The normalized spacial score (nSPS) is 12.6. The molecule has 0 bridgehead atoms. The van der Waals surface area contributed by atoms with Crippen molar-refractivity contribution in [3.63, 3.8) is 0 Å². The molecule has 2 rings (SSSR count). The largest absolute Gasteiger partial charge is 0.399 e. The van der Waals surface area contributed by atoms with Gasteiger partial charge in [0.2, 0.25) is 0 Å². The molecule has 2 N–H and O–H groups in total. The summed E-state index contributed by atoms with van der Waals surface area (Å²) in [6.45, 7) is 3.19. The van der Waals surface area contributed by atoms with Crippen LogP contribution in [-0.2, 0) is 6.54 Å². The minimum absolute atomic E-state index is 0.431. The van der Waals surface area contributed by atoms with Crippen LogP contribution in [0.2, 0.25) is 0 Å². The van der Waals surface area contributed by atoms with Gasteiger partial charge in [0.25, 0.3) is 0 Å². The summed E-state index contributed by atoms with van der Waals surface area (Å²) in [7, 11) is 2.18. The van der Waals surface area contributed by atoms with Gasteiger partial charge in [-0.25, -0.2) is 0 Å². The maximum Gasteiger partial charge on any atom is 0.0346 e. The van der Waals surface area contributed by atoms with Crippen molar-refractivity contribution in [3.05, 3.63) is 65.7 Å². The van der Waals surface area contributed by atoms with E-state index in [1.807, 2.05) is 12.1 Å². The summed E-state index contributed by atoms with van der Waals surface area (Å²) in [6.07, 6.45) is 1.09. The van der Waals surface area contributed by atoms with Gasteiger partial charge in [0, 0.05) is 18.3 Å². The number of hydrogen-bond acceptors (Lipinski definition) is 2. The Morgan fingerprint density at radius 2 is 1.63 bits per heavy atom. The number of hydrogen-bond donors (Lipinski definition) is 1. The van der Waals surface area contributed by atoms with Crippen molar-refractivity contribution in [2.24, 2.45) is 0 Å². The number of rotatable bonds is 5. The molecule has 0 aliphatic rings.